The third-order valence-electron chi connectivity index (χ3n) is 3.17. The molecule has 1 aromatic carbocycles. The van der Waals surface area contributed by atoms with E-state index in [2.05, 4.69) is 27.5 Å². The van der Waals surface area contributed by atoms with Crippen molar-refractivity contribution in [2.24, 2.45) is 4.99 Å². The maximum atomic E-state index is 6.15. The largest absolute Gasteiger partial charge is 0.357 e. The molecule has 0 aliphatic carbocycles. The summed E-state index contributed by atoms with van der Waals surface area (Å²) in [4.78, 5) is 8.60. The normalized spacial score (nSPS) is 11.5. The van der Waals surface area contributed by atoms with E-state index in [-0.39, 0.29) is 0 Å². The summed E-state index contributed by atoms with van der Waals surface area (Å²) >= 11 is 6.15. The van der Waals surface area contributed by atoms with Crippen LogP contribution in [0.3, 0.4) is 0 Å². The van der Waals surface area contributed by atoms with Crippen molar-refractivity contribution in [1.29, 1.82) is 0 Å². The quantitative estimate of drug-likeness (QED) is 0.608. The molecule has 0 saturated carbocycles. The van der Waals surface area contributed by atoms with Crippen LogP contribution in [0.15, 0.2) is 48.0 Å². The molecule has 0 aliphatic heterocycles. The molecule has 0 unspecified atom stereocenters. The van der Waals surface area contributed by atoms with Crippen LogP contribution in [0.4, 0.5) is 0 Å². The molecular formula is C16H22ClN5. The second-order valence-corrected chi connectivity index (χ2v) is 5.24. The molecule has 2 rings (SSSR count). The number of nitrogens with one attached hydrogen (secondary N) is 2. The van der Waals surface area contributed by atoms with Gasteiger partial charge in [0.1, 0.15) is 0 Å². The highest BCUT2D eigenvalue weighted by molar-refractivity contribution is 6.31. The molecule has 0 aliphatic rings. The van der Waals surface area contributed by atoms with E-state index in [0.29, 0.717) is 6.54 Å². The van der Waals surface area contributed by atoms with Gasteiger partial charge in [-0.05, 0) is 25.0 Å². The summed E-state index contributed by atoms with van der Waals surface area (Å²) in [6.45, 7) is 5.25. The Hall–Kier alpha value is -2.01. The number of guanidine groups is 1. The van der Waals surface area contributed by atoms with E-state index in [0.717, 1.165) is 42.6 Å². The van der Waals surface area contributed by atoms with Crippen molar-refractivity contribution in [3.8, 4) is 0 Å². The van der Waals surface area contributed by atoms with Gasteiger partial charge in [0.05, 0.1) is 6.33 Å². The molecular weight excluding hydrogens is 298 g/mol. The first-order valence-electron chi connectivity index (χ1n) is 7.51. The molecule has 1 aromatic heterocycles. The number of hydrogen-bond acceptors (Lipinski definition) is 2. The monoisotopic (exact) mass is 319 g/mol. The van der Waals surface area contributed by atoms with Gasteiger partial charge in [-0.15, -0.1) is 0 Å². The molecule has 1 heterocycles. The number of imidazole rings is 1. The van der Waals surface area contributed by atoms with Crippen LogP contribution in [0.2, 0.25) is 5.02 Å². The summed E-state index contributed by atoms with van der Waals surface area (Å²) in [6.07, 6.45) is 6.37. The zero-order valence-corrected chi connectivity index (χ0v) is 13.6. The second-order valence-electron chi connectivity index (χ2n) is 4.83. The molecule has 0 spiro atoms. The number of benzene rings is 1. The van der Waals surface area contributed by atoms with Gasteiger partial charge in [0, 0.05) is 43.6 Å². The lowest BCUT2D eigenvalue weighted by molar-refractivity contribution is 0.662. The van der Waals surface area contributed by atoms with Crippen molar-refractivity contribution in [1.82, 2.24) is 20.2 Å². The highest BCUT2D eigenvalue weighted by atomic mass is 35.5. The molecule has 2 aromatic rings. The number of aromatic nitrogens is 2. The Kier molecular flexibility index (Phi) is 6.77. The molecule has 0 fully saturated rings. The summed E-state index contributed by atoms with van der Waals surface area (Å²) in [5.74, 6) is 0.828. The fourth-order valence-electron chi connectivity index (χ4n) is 2.05. The van der Waals surface area contributed by atoms with Gasteiger partial charge < -0.3 is 15.2 Å². The number of halogens is 1. The highest BCUT2D eigenvalue weighted by Crippen LogP contribution is 2.15. The van der Waals surface area contributed by atoms with Crippen LogP contribution in [0.25, 0.3) is 0 Å². The van der Waals surface area contributed by atoms with Crippen molar-refractivity contribution in [3.05, 3.63) is 53.6 Å². The van der Waals surface area contributed by atoms with Gasteiger partial charge in [0.25, 0.3) is 0 Å². The summed E-state index contributed by atoms with van der Waals surface area (Å²) in [5, 5.41) is 7.36. The van der Waals surface area contributed by atoms with Crippen LogP contribution in [-0.4, -0.2) is 35.1 Å². The van der Waals surface area contributed by atoms with Crippen LogP contribution < -0.4 is 10.6 Å². The minimum atomic E-state index is 0.699. The molecule has 22 heavy (non-hydrogen) atoms. The Morgan fingerprint density at radius 1 is 1.32 bits per heavy atom. The van der Waals surface area contributed by atoms with Crippen LogP contribution in [-0.2, 0) is 13.0 Å². The predicted molar refractivity (Wildman–Crippen MR) is 91.4 cm³/mol. The van der Waals surface area contributed by atoms with Crippen molar-refractivity contribution in [3.63, 3.8) is 0 Å². The maximum absolute atomic E-state index is 6.15. The first-order chi connectivity index (χ1) is 10.8. The van der Waals surface area contributed by atoms with Crippen molar-refractivity contribution in [2.45, 2.75) is 19.9 Å². The van der Waals surface area contributed by atoms with Gasteiger partial charge in [-0.1, -0.05) is 29.8 Å². The smallest absolute Gasteiger partial charge is 0.191 e. The zero-order valence-electron chi connectivity index (χ0n) is 12.8. The first-order valence-corrected chi connectivity index (χ1v) is 7.88. The maximum Gasteiger partial charge on any atom is 0.191 e. The minimum absolute atomic E-state index is 0.699. The molecule has 0 saturated heterocycles. The molecule has 0 atom stereocenters. The summed E-state index contributed by atoms with van der Waals surface area (Å²) in [5.41, 5.74) is 1.13. The first kappa shape index (κ1) is 16.4. The van der Waals surface area contributed by atoms with E-state index in [1.807, 2.05) is 41.4 Å². The van der Waals surface area contributed by atoms with E-state index in [1.165, 1.54) is 0 Å². The lowest BCUT2D eigenvalue weighted by atomic mass is 10.1. The van der Waals surface area contributed by atoms with E-state index in [1.54, 1.807) is 6.20 Å². The average Bonchev–Trinajstić information content (AvgIpc) is 3.02. The van der Waals surface area contributed by atoms with Crippen LogP contribution >= 0.6 is 11.6 Å². The molecule has 0 radical (unpaired) electrons. The Labute approximate surface area is 136 Å². The van der Waals surface area contributed by atoms with Crippen molar-refractivity contribution in [2.75, 3.05) is 19.6 Å². The van der Waals surface area contributed by atoms with Crippen molar-refractivity contribution < 1.29 is 0 Å². The zero-order chi connectivity index (χ0) is 15.6. The van der Waals surface area contributed by atoms with Gasteiger partial charge in [0.2, 0.25) is 0 Å². The fraction of sp³-hybridized carbons (Fsp3) is 0.375. The van der Waals surface area contributed by atoms with Crippen molar-refractivity contribution >= 4 is 17.6 Å². The minimum Gasteiger partial charge on any atom is -0.357 e. The lowest BCUT2D eigenvalue weighted by Crippen LogP contribution is -2.39. The molecule has 5 nitrogen and oxygen atoms in total. The average molecular weight is 320 g/mol. The van der Waals surface area contributed by atoms with Crippen LogP contribution in [0, 0.1) is 0 Å². The third kappa shape index (κ3) is 5.41. The molecule has 2 N–H and O–H groups in total. The number of rotatable bonds is 7. The number of aliphatic imine (C=N–C) groups is 1. The summed E-state index contributed by atoms with van der Waals surface area (Å²) in [7, 11) is 0. The molecule has 0 amide bonds. The molecule has 118 valence electrons. The Balaban J connectivity index is 1.80. The number of hydrogen-bond donors (Lipinski definition) is 2. The highest BCUT2D eigenvalue weighted by Gasteiger charge is 2.00. The van der Waals surface area contributed by atoms with Crippen LogP contribution in [0.1, 0.15) is 12.5 Å². The standard InChI is InChI=1S/C16H22ClN5/c1-2-19-16(21-10-12-22-11-9-18-13-22)20-8-7-14-5-3-4-6-15(14)17/h3-6,9,11,13H,2,7-8,10,12H2,1H3,(H2,19,20,21). The van der Waals surface area contributed by atoms with Gasteiger partial charge in [-0.3, -0.25) is 4.99 Å². The van der Waals surface area contributed by atoms with Gasteiger partial charge in [0.15, 0.2) is 5.96 Å². The lowest BCUT2D eigenvalue weighted by Gasteiger charge is -2.11. The van der Waals surface area contributed by atoms with Crippen LogP contribution in [0.5, 0.6) is 0 Å². The van der Waals surface area contributed by atoms with E-state index < -0.39 is 0 Å². The Bertz CT molecular complexity index is 580. The third-order valence-corrected chi connectivity index (χ3v) is 3.54. The SMILES string of the molecule is CCNC(=NCCc1ccccc1Cl)NCCn1ccnc1. The molecule has 6 heteroatoms. The van der Waals surface area contributed by atoms with Gasteiger partial charge >= 0.3 is 0 Å². The Morgan fingerprint density at radius 2 is 2.18 bits per heavy atom. The van der Waals surface area contributed by atoms with Gasteiger partial charge in [-0.2, -0.15) is 0 Å². The predicted octanol–water partition coefficient (Wildman–Crippen LogP) is 2.33. The number of nitrogens with zero attached hydrogens (tertiary/aromatic N) is 3. The van der Waals surface area contributed by atoms with E-state index in [9.17, 15) is 0 Å². The molecule has 0 bridgehead atoms. The fourth-order valence-corrected chi connectivity index (χ4v) is 2.28. The Morgan fingerprint density at radius 3 is 2.91 bits per heavy atom. The van der Waals surface area contributed by atoms with Gasteiger partial charge in [-0.25, -0.2) is 4.98 Å². The summed E-state index contributed by atoms with van der Waals surface area (Å²) < 4.78 is 2.03. The second kappa shape index (κ2) is 9.10. The topological polar surface area (TPSA) is 54.2 Å². The van der Waals surface area contributed by atoms with E-state index in [4.69, 9.17) is 11.6 Å². The summed E-state index contributed by atoms with van der Waals surface area (Å²) in [6, 6.07) is 7.89. The van der Waals surface area contributed by atoms with E-state index >= 15 is 0 Å².